The molecule has 2 heterocycles. The standard InChI is InChI=1S/C24H29NO5/c1-28-20-11-12-21(22(13-20)29-2)24(27)14-18-9-6-10-19(15-24)25(18)23(26)30-16-17-7-4-3-5-8-17/h3-5,7-8,11-13,18-19,27H,6,9-10,14-16H2,1-2H3. The van der Waals surface area contributed by atoms with Gasteiger partial charge in [-0.1, -0.05) is 30.3 Å². The summed E-state index contributed by atoms with van der Waals surface area (Å²) in [5, 5.41) is 11.6. The number of carbonyl (C=O) groups excluding carboxylic acids is 1. The maximum atomic E-state index is 12.9. The summed E-state index contributed by atoms with van der Waals surface area (Å²) in [7, 11) is 3.20. The molecule has 0 aromatic heterocycles. The summed E-state index contributed by atoms with van der Waals surface area (Å²) in [4.78, 5) is 14.8. The van der Waals surface area contributed by atoms with E-state index in [1.165, 1.54) is 0 Å². The van der Waals surface area contributed by atoms with Gasteiger partial charge in [0.15, 0.2) is 0 Å². The molecule has 6 heteroatoms. The van der Waals surface area contributed by atoms with E-state index in [1.54, 1.807) is 20.3 Å². The Labute approximate surface area is 177 Å². The van der Waals surface area contributed by atoms with Crippen molar-refractivity contribution in [2.45, 2.75) is 56.4 Å². The van der Waals surface area contributed by atoms with E-state index in [0.29, 0.717) is 24.3 Å². The Morgan fingerprint density at radius 1 is 1.07 bits per heavy atom. The SMILES string of the molecule is COc1ccc(C2(O)CC3CCCC(C2)N3C(=O)OCc2ccccc2)c(OC)c1. The Balaban J connectivity index is 1.52. The van der Waals surface area contributed by atoms with E-state index in [0.717, 1.165) is 30.4 Å². The molecule has 2 saturated heterocycles. The van der Waals surface area contributed by atoms with Gasteiger partial charge in [0, 0.05) is 36.6 Å². The first-order valence-corrected chi connectivity index (χ1v) is 10.5. The van der Waals surface area contributed by atoms with Crippen LogP contribution in [0, 0.1) is 0 Å². The van der Waals surface area contributed by atoms with E-state index in [1.807, 2.05) is 47.4 Å². The van der Waals surface area contributed by atoms with Crippen molar-refractivity contribution in [3.8, 4) is 11.5 Å². The van der Waals surface area contributed by atoms with Crippen LogP contribution in [0.1, 0.15) is 43.2 Å². The molecule has 2 fully saturated rings. The fraction of sp³-hybridized carbons (Fsp3) is 0.458. The number of hydrogen-bond acceptors (Lipinski definition) is 5. The van der Waals surface area contributed by atoms with Crippen molar-refractivity contribution in [1.29, 1.82) is 0 Å². The van der Waals surface area contributed by atoms with E-state index in [4.69, 9.17) is 14.2 Å². The van der Waals surface area contributed by atoms with Gasteiger partial charge in [0.25, 0.3) is 0 Å². The van der Waals surface area contributed by atoms with E-state index in [9.17, 15) is 9.90 Å². The van der Waals surface area contributed by atoms with Crippen molar-refractivity contribution in [3.63, 3.8) is 0 Å². The summed E-state index contributed by atoms with van der Waals surface area (Å²) in [5.41, 5.74) is 0.663. The molecule has 2 atom stereocenters. The predicted molar refractivity (Wildman–Crippen MR) is 113 cm³/mol. The van der Waals surface area contributed by atoms with Gasteiger partial charge >= 0.3 is 6.09 Å². The highest BCUT2D eigenvalue weighted by Crippen LogP contribution is 2.47. The minimum absolute atomic E-state index is 0.0578. The molecule has 2 aliphatic rings. The third-order valence-electron chi connectivity index (χ3n) is 6.33. The number of carbonyl (C=O) groups is 1. The van der Waals surface area contributed by atoms with Crippen molar-refractivity contribution >= 4 is 6.09 Å². The van der Waals surface area contributed by atoms with Gasteiger partial charge in [0.1, 0.15) is 18.1 Å². The number of methoxy groups -OCH3 is 2. The third-order valence-corrected chi connectivity index (χ3v) is 6.33. The van der Waals surface area contributed by atoms with Gasteiger partial charge in [-0.3, -0.25) is 0 Å². The maximum Gasteiger partial charge on any atom is 0.410 e. The van der Waals surface area contributed by atoms with Crippen LogP contribution in [0.15, 0.2) is 48.5 Å². The average Bonchev–Trinajstić information content (AvgIpc) is 2.77. The number of nitrogens with zero attached hydrogens (tertiary/aromatic N) is 1. The van der Waals surface area contributed by atoms with Crippen LogP contribution in [-0.2, 0) is 16.9 Å². The van der Waals surface area contributed by atoms with Crippen molar-refractivity contribution < 1.29 is 24.1 Å². The highest BCUT2D eigenvalue weighted by molar-refractivity contribution is 5.69. The van der Waals surface area contributed by atoms with Gasteiger partial charge < -0.3 is 24.2 Å². The molecule has 160 valence electrons. The van der Waals surface area contributed by atoms with Crippen LogP contribution in [0.3, 0.4) is 0 Å². The lowest BCUT2D eigenvalue weighted by atomic mass is 9.72. The predicted octanol–water partition coefficient (Wildman–Crippen LogP) is 4.25. The van der Waals surface area contributed by atoms with Gasteiger partial charge in [-0.05, 0) is 37.0 Å². The molecule has 0 radical (unpaired) electrons. The zero-order valence-electron chi connectivity index (χ0n) is 17.5. The lowest BCUT2D eigenvalue weighted by molar-refractivity contribution is -0.0904. The molecule has 1 amide bonds. The molecule has 30 heavy (non-hydrogen) atoms. The van der Waals surface area contributed by atoms with Crippen molar-refractivity contribution in [3.05, 3.63) is 59.7 Å². The minimum Gasteiger partial charge on any atom is -0.497 e. The number of benzene rings is 2. The summed E-state index contributed by atoms with van der Waals surface area (Å²) in [6.45, 7) is 0.256. The quantitative estimate of drug-likeness (QED) is 0.797. The second-order valence-corrected chi connectivity index (χ2v) is 8.19. The third kappa shape index (κ3) is 3.97. The second-order valence-electron chi connectivity index (χ2n) is 8.19. The van der Waals surface area contributed by atoms with Crippen LogP contribution in [0.2, 0.25) is 0 Å². The van der Waals surface area contributed by atoms with E-state index < -0.39 is 5.60 Å². The van der Waals surface area contributed by atoms with Crippen LogP contribution in [0.4, 0.5) is 4.79 Å². The van der Waals surface area contributed by atoms with Crippen LogP contribution in [0.5, 0.6) is 11.5 Å². The van der Waals surface area contributed by atoms with Crippen molar-refractivity contribution in [1.82, 2.24) is 4.90 Å². The molecule has 2 aromatic carbocycles. The van der Waals surface area contributed by atoms with E-state index in [-0.39, 0.29) is 24.8 Å². The maximum absolute atomic E-state index is 12.9. The van der Waals surface area contributed by atoms with Crippen molar-refractivity contribution in [2.24, 2.45) is 0 Å². The van der Waals surface area contributed by atoms with E-state index in [2.05, 4.69) is 0 Å². The number of ether oxygens (including phenoxy) is 3. The monoisotopic (exact) mass is 411 g/mol. The molecule has 2 unspecified atom stereocenters. The Kier molecular flexibility index (Phi) is 5.86. The van der Waals surface area contributed by atoms with Crippen LogP contribution in [-0.4, -0.2) is 42.4 Å². The molecule has 6 nitrogen and oxygen atoms in total. The Hall–Kier alpha value is -2.73. The summed E-state index contributed by atoms with van der Waals surface area (Å²) >= 11 is 0. The number of hydrogen-bond donors (Lipinski definition) is 1. The topological polar surface area (TPSA) is 68.2 Å². The zero-order chi connectivity index (χ0) is 21.1. The summed E-state index contributed by atoms with van der Waals surface area (Å²) in [5.74, 6) is 1.29. The molecular weight excluding hydrogens is 382 g/mol. The number of amides is 1. The van der Waals surface area contributed by atoms with Crippen molar-refractivity contribution in [2.75, 3.05) is 14.2 Å². The minimum atomic E-state index is -1.05. The number of piperidine rings is 2. The van der Waals surface area contributed by atoms with E-state index >= 15 is 0 Å². The second kappa shape index (κ2) is 8.56. The number of rotatable bonds is 5. The lowest BCUT2D eigenvalue weighted by Gasteiger charge is -2.51. The Morgan fingerprint density at radius 2 is 1.77 bits per heavy atom. The largest absolute Gasteiger partial charge is 0.497 e. The summed E-state index contributed by atoms with van der Waals surface area (Å²) in [6, 6.07) is 15.1. The molecule has 4 rings (SSSR count). The Bertz CT molecular complexity index is 870. The first-order valence-electron chi connectivity index (χ1n) is 10.5. The van der Waals surface area contributed by atoms with Crippen LogP contribution < -0.4 is 9.47 Å². The fourth-order valence-electron chi connectivity index (χ4n) is 4.92. The number of fused-ring (bicyclic) bond motifs is 2. The molecule has 0 aliphatic carbocycles. The summed E-state index contributed by atoms with van der Waals surface area (Å²) in [6.07, 6.45) is 3.40. The average molecular weight is 411 g/mol. The fourth-order valence-corrected chi connectivity index (χ4v) is 4.92. The van der Waals surface area contributed by atoms with Crippen LogP contribution in [0.25, 0.3) is 0 Å². The molecular formula is C24H29NO5. The molecule has 2 bridgehead atoms. The number of aliphatic hydroxyl groups is 1. The van der Waals surface area contributed by atoms with Gasteiger partial charge in [-0.2, -0.15) is 0 Å². The molecule has 1 N–H and O–H groups in total. The highest BCUT2D eigenvalue weighted by Gasteiger charge is 2.49. The summed E-state index contributed by atoms with van der Waals surface area (Å²) < 4.78 is 16.4. The molecule has 0 spiro atoms. The normalized spacial score (nSPS) is 25.5. The van der Waals surface area contributed by atoms with Gasteiger partial charge in [0.05, 0.1) is 19.8 Å². The highest BCUT2D eigenvalue weighted by atomic mass is 16.6. The smallest absolute Gasteiger partial charge is 0.410 e. The van der Waals surface area contributed by atoms with Crippen LogP contribution >= 0.6 is 0 Å². The van der Waals surface area contributed by atoms with Gasteiger partial charge in [-0.15, -0.1) is 0 Å². The zero-order valence-corrected chi connectivity index (χ0v) is 17.5. The lowest BCUT2D eigenvalue weighted by Crippen LogP contribution is -2.59. The molecule has 2 aromatic rings. The first-order chi connectivity index (χ1) is 14.5. The van der Waals surface area contributed by atoms with Gasteiger partial charge in [-0.25, -0.2) is 4.79 Å². The molecule has 0 saturated carbocycles. The molecule has 2 aliphatic heterocycles. The Morgan fingerprint density at radius 3 is 2.40 bits per heavy atom. The first kappa shape index (κ1) is 20.5. The van der Waals surface area contributed by atoms with Gasteiger partial charge in [0.2, 0.25) is 0 Å².